The van der Waals surface area contributed by atoms with Crippen LogP contribution in [0.5, 0.6) is 0 Å². The fraction of sp³-hybridized carbons (Fsp3) is 0.200. The third-order valence-corrected chi connectivity index (χ3v) is 9.69. The lowest BCUT2D eigenvalue weighted by atomic mass is 10.0. The smallest absolute Gasteiger partial charge is 0.316 e. The molecule has 28 heavy (non-hydrogen) atoms. The molecule has 3 atom stereocenters. The summed E-state index contributed by atoms with van der Waals surface area (Å²) < 4.78 is 18.0. The lowest BCUT2D eigenvalue weighted by Crippen LogP contribution is -2.54. The van der Waals surface area contributed by atoms with Crippen LogP contribution in [-0.2, 0) is 10.1 Å². The Balaban J connectivity index is 1.84. The molecular weight excluding hydrogens is 397 g/mol. The van der Waals surface area contributed by atoms with E-state index in [1.165, 1.54) is 9.36 Å². The molecule has 1 aromatic heterocycles. The highest BCUT2D eigenvalue weighted by atomic mass is 35.5. The predicted molar refractivity (Wildman–Crippen MR) is 109 cm³/mol. The van der Waals surface area contributed by atoms with Gasteiger partial charge in [-0.05, 0) is 25.1 Å². The topological polar surface area (TPSA) is 66.0 Å². The number of hydrogen-bond donors (Lipinski definition) is 0. The number of allylic oxidation sites excluding steroid dienone is 2. The van der Waals surface area contributed by atoms with Crippen LogP contribution in [0.2, 0.25) is 0 Å². The fourth-order valence-corrected chi connectivity index (χ4v) is 8.30. The quantitative estimate of drug-likeness (QED) is 0.607. The third kappa shape index (κ3) is 2.07. The summed E-state index contributed by atoms with van der Waals surface area (Å²) in [5.74, 6) is -0.783. The summed E-state index contributed by atoms with van der Waals surface area (Å²) in [4.78, 5) is 26.6. The standard InChI is InChI=1S/C20H17ClN3O3P/c1-20-13-28(27,15-10-6-3-7-11-15)17(12-16(20)21)23-18(25)22(19(26)24(20)23)14-8-4-2-5-9-14/h2-12,17H,13H2,1H3. The lowest BCUT2D eigenvalue weighted by molar-refractivity contribution is 0.275. The lowest BCUT2D eigenvalue weighted by Gasteiger charge is -2.47. The van der Waals surface area contributed by atoms with Gasteiger partial charge in [-0.2, -0.15) is 0 Å². The molecule has 0 spiro atoms. The maximum Gasteiger partial charge on any atom is 0.352 e. The molecule has 0 N–H and O–H groups in total. The molecule has 8 heteroatoms. The van der Waals surface area contributed by atoms with Crippen molar-refractivity contribution in [1.29, 1.82) is 0 Å². The van der Waals surface area contributed by atoms with Crippen LogP contribution in [0.1, 0.15) is 12.7 Å². The number of rotatable bonds is 2. The van der Waals surface area contributed by atoms with Crippen LogP contribution in [0.4, 0.5) is 0 Å². The zero-order valence-corrected chi connectivity index (χ0v) is 16.7. The van der Waals surface area contributed by atoms with Crippen molar-refractivity contribution in [3.63, 3.8) is 0 Å². The Morgan fingerprint density at radius 1 is 1.00 bits per heavy atom. The molecule has 0 aliphatic carbocycles. The second kappa shape index (κ2) is 5.72. The van der Waals surface area contributed by atoms with E-state index in [9.17, 15) is 14.2 Å². The molecule has 3 aliphatic heterocycles. The predicted octanol–water partition coefficient (Wildman–Crippen LogP) is 2.85. The molecule has 0 saturated carbocycles. The minimum absolute atomic E-state index is 0.197. The average molecular weight is 414 g/mol. The minimum atomic E-state index is -3.06. The van der Waals surface area contributed by atoms with Gasteiger partial charge >= 0.3 is 11.4 Å². The highest BCUT2D eigenvalue weighted by Crippen LogP contribution is 2.66. The van der Waals surface area contributed by atoms with E-state index in [1.807, 2.05) is 36.4 Å². The van der Waals surface area contributed by atoms with Gasteiger partial charge in [-0.1, -0.05) is 60.1 Å². The van der Waals surface area contributed by atoms with E-state index in [4.69, 9.17) is 11.6 Å². The zero-order chi connectivity index (χ0) is 19.7. The van der Waals surface area contributed by atoms with Crippen LogP contribution in [-0.4, -0.2) is 20.1 Å². The van der Waals surface area contributed by atoms with E-state index in [1.54, 1.807) is 37.3 Å². The Morgan fingerprint density at radius 3 is 2.25 bits per heavy atom. The molecule has 3 aliphatic rings. The normalized spacial score (nSPS) is 28.1. The second-order valence-electron chi connectivity index (χ2n) is 7.38. The maximum absolute atomic E-state index is 14.2. The molecule has 0 radical (unpaired) electrons. The first-order chi connectivity index (χ1) is 13.4. The van der Waals surface area contributed by atoms with E-state index in [0.717, 1.165) is 4.57 Å². The van der Waals surface area contributed by atoms with Crippen molar-refractivity contribution in [2.45, 2.75) is 18.2 Å². The Hall–Kier alpha value is -2.56. The monoisotopic (exact) mass is 413 g/mol. The minimum Gasteiger partial charge on any atom is -0.316 e. The van der Waals surface area contributed by atoms with Gasteiger partial charge in [0.15, 0.2) is 0 Å². The van der Waals surface area contributed by atoms with Crippen molar-refractivity contribution in [2.24, 2.45) is 0 Å². The summed E-state index contributed by atoms with van der Waals surface area (Å²) in [7, 11) is -3.06. The largest absolute Gasteiger partial charge is 0.352 e. The van der Waals surface area contributed by atoms with E-state index in [2.05, 4.69) is 0 Å². The number of aromatic nitrogens is 3. The molecule has 6 nitrogen and oxygen atoms in total. The molecule has 3 aromatic rings. The molecule has 3 unspecified atom stereocenters. The number of hydrogen-bond acceptors (Lipinski definition) is 3. The molecule has 0 saturated heterocycles. The molecule has 0 fully saturated rings. The number of fused-ring (bicyclic) bond motifs is 1. The van der Waals surface area contributed by atoms with E-state index in [0.29, 0.717) is 16.0 Å². The van der Waals surface area contributed by atoms with Gasteiger partial charge in [0.1, 0.15) is 18.5 Å². The first kappa shape index (κ1) is 17.5. The summed E-state index contributed by atoms with van der Waals surface area (Å²) in [6.07, 6.45) is 1.87. The number of benzene rings is 2. The van der Waals surface area contributed by atoms with Gasteiger partial charge in [0.25, 0.3) is 0 Å². The molecule has 6 rings (SSSR count). The summed E-state index contributed by atoms with van der Waals surface area (Å²) in [5.41, 5.74) is -1.56. The van der Waals surface area contributed by atoms with Crippen LogP contribution in [0.3, 0.4) is 0 Å². The average Bonchev–Trinajstić information content (AvgIpc) is 2.97. The molecular formula is C20H17ClN3O3P. The van der Waals surface area contributed by atoms with Crippen LogP contribution >= 0.6 is 18.7 Å². The summed E-state index contributed by atoms with van der Waals surface area (Å²) in [6.45, 7) is 1.77. The first-order valence-electron chi connectivity index (χ1n) is 8.92. The highest BCUT2D eigenvalue weighted by Gasteiger charge is 2.56. The molecule has 2 aromatic carbocycles. The molecule has 2 bridgehead atoms. The molecule has 142 valence electrons. The fourth-order valence-electron chi connectivity index (χ4n) is 4.33. The van der Waals surface area contributed by atoms with Crippen molar-refractivity contribution in [1.82, 2.24) is 13.9 Å². The van der Waals surface area contributed by atoms with Crippen molar-refractivity contribution in [3.05, 3.63) is 92.7 Å². The number of nitrogens with zero attached hydrogens (tertiary/aromatic N) is 3. The number of para-hydroxylation sites is 1. The van der Waals surface area contributed by atoms with Crippen LogP contribution in [0, 0.1) is 0 Å². The van der Waals surface area contributed by atoms with Gasteiger partial charge in [0.2, 0.25) is 0 Å². The van der Waals surface area contributed by atoms with Gasteiger partial charge in [0, 0.05) is 16.5 Å². The summed E-state index contributed by atoms with van der Waals surface area (Å²) in [6, 6.07) is 17.9. The second-order valence-corrected chi connectivity index (χ2v) is 10.7. The summed E-state index contributed by atoms with van der Waals surface area (Å²) in [5, 5.41) is 1.12. The highest BCUT2D eigenvalue weighted by molar-refractivity contribution is 7.72. The van der Waals surface area contributed by atoms with Gasteiger partial charge < -0.3 is 4.57 Å². The van der Waals surface area contributed by atoms with Gasteiger partial charge in [-0.3, -0.25) is 0 Å². The Bertz CT molecular complexity index is 1290. The van der Waals surface area contributed by atoms with Gasteiger partial charge in [-0.25, -0.2) is 23.5 Å². The van der Waals surface area contributed by atoms with Gasteiger partial charge in [-0.15, -0.1) is 0 Å². The Morgan fingerprint density at radius 2 is 1.61 bits per heavy atom. The Labute approximate surface area is 165 Å². The van der Waals surface area contributed by atoms with Crippen molar-refractivity contribution >= 4 is 24.0 Å². The van der Waals surface area contributed by atoms with E-state index in [-0.39, 0.29) is 6.16 Å². The van der Waals surface area contributed by atoms with Gasteiger partial charge in [0.05, 0.1) is 5.69 Å². The first-order valence-corrected chi connectivity index (χ1v) is 11.3. The third-order valence-electron chi connectivity index (χ3n) is 5.68. The SMILES string of the molecule is CC12CP(=O)(c3ccccc3)C(C=C1Cl)n1c(=O)n(-c3ccccc3)c(=O)n12. The van der Waals surface area contributed by atoms with E-state index < -0.39 is 29.8 Å². The zero-order valence-electron chi connectivity index (χ0n) is 15.0. The summed E-state index contributed by atoms with van der Waals surface area (Å²) >= 11 is 6.53. The van der Waals surface area contributed by atoms with Crippen LogP contribution in [0.25, 0.3) is 5.69 Å². The van der Waals surface area contributed by atoms with E-state index >= 15 is 0 Å². The van der Waals surface area contributed by atoms with Crippen molar-refractivity contribution < 1.29 is 4.57 Å². The number of halogens is 1. The molecule has 0 amide bonds. The van der Waals surface area contributed by atoms with Crippen molar-refractivity contribution in [2.75, 3.05) is 6.16 Å². The molecule has 4 heterocycles. The maximum atomic E-state index is 14.2. The Kier molecular flexibility index (Phi) is 3.58. The van der Waals surface area contributed by atoms with Crippen LogP contribution < -0.4 is 16.7 Å². The van der Waals surface area contributed by atoms with Crippen molar-refractivity contribution in [3.8, 4) is 5.69 Å². The van der Waals surface area contributed by atoms with Crippen LogP contribution in [0.15, 0.2) is 81.4 Å².